The first kappa shape index (κ1) is 13.3. The van der Waals surface area contributed by atoms with Crippen molar-refractivity contribution in [3.05, 3.63) is 60.7 Å². The van der Waals surface area contributed by atoms with E-state index in [2.05, 4.69) is 67.6 Å². The molecule has 0 unspecified atom stereocenters. The van der Waals surface area contributed by atoms with E-state index in [1.54, 1.807) is 0 Å². The summed E-state index contributed by atoms with van der Waals surface area (Å²) in [5.41, 5.74) is 6.84. The quantitative estimate of drug-likeness (QED) is 0.818. The van der Waals surface area contributed by atoms with Gasteiger partial charge in [0.05, 0.1) is 6.16 Å². The van der Waals surface area contributed by atoms with Gasteiger partial charge in [-0.3, -0.25) is 0 Å². The molecule has 94 valence electrons. The average molecular weight is 258 g/mol. The number of rotatable bonds is 5. The van der Waals surface area contributed by atoms with Crippen LogP contribution in [-0.4, -0.2) is 6.16 Å². The molecule has 0 aliphatic carbocycles. The molecule has 0 radical (unpaired) electrons. The molecule has 0 amide bonds. The van der Waals surface area contributed by atoms with Crippen LogP contribution in [0.2, 0.25) is 0 Å². The number of nitrogens with two attached hydrogens (primary N) is 1. The lowest BCUT2D eigenvalue weighted by atomic mass is 10.4. The zero-order valence-electron chi connectivity index (χ0n) is 10.9. The molecule has 0 fully saturated rings. The molecule has 0 saturated carbocycles. The van der Waals surface area contributed by atoms with Gasteiger partial charge in [0, 0.05) is 0 Å². The molecule has 0 bridgehead atoms. The standard InChI is InChI=1S/C16H21NP/c1-2-3-14-18(17,15-10-6-4-7-11-15)16-12-8-5-9-13-16/h4-13H,2-3,14,17H2,1H3/q+1. The minimum Gasteiger partial charge on any atom is -0.196 e. The molecule has 2 rings (SSSR count). The number of hydrogen-bond donors (Lipinski definition) is 1. The van der Waals surface area contributed by atoms with Crippen LogP contribution in [-0.2, 0) is 0 Å². The van der Waals surface area contributed by atoms with Gasteiger partial charge in [-0.05, 0) is 30.7 Å². The first-order chi connectivity index (χ1) is 8.77. The molecule has 0 atom stereocenters. The Morgan fingerprint density at radius 3 is 1.67 bits per heavy atom. The van der Waals surface area contributed by atoms with Crippen molar-refractivity contribution in [1.29, 1.82) is 0 Å². The maximum atomic E-state index is 6.84. The van der Waals surface area contributed by atoms with Gasteiger partial charge in [-0.25, -0.2) is 0 Å². The topological polar surface area (TPSA) is 26.0 Å². The van der Waals surface area contributed by atoms with E-state index in [-0.39, 0.29) is 0 Å². The predicted molar refractivity (Wildman–Crippen MR) is 83.0 cm³/mol. The molecule has 2 aromatic rings. The Morgan fingerprint density at radius 1 is 0.833 bits per heavy atom. The fraction of sp³-hybridized carbons (Fsp3) is 0.250. The third-order valence-electron chi connectivity index (χ3n) is 3.30. The summed E-state index contributed by atoms with van der Waals surface area (Å²) in [6.07, 6.45) is 3.48. The van der Waals surface area contributed by atoms with Crippen LogP contribution >= 0.6 is 7.41 Å². The summed E-state index contributed by atoms with van der Waals surface area (Å²) in [5, 5.41) is 2.62. The van der Waals surface area contributed by atoms with E-state index in [0.29, 0.717) is 0 Å². The summed E-state index contributed by atoms with van der Waals surface area (Å²) in [7, 11) is -1.69. The van der Waals surface area contributed by atoms with Crippen molar-refractivity contribution >= 4 is 18.0 Å². The van der Waals surface area contributed by atoms with Crippen molar-refractivity contribution in [3.63, 3.8) is 0 Å². The van der Waals surface area contributed by atoms with Gasteiger partial charge in [0.25, 0.3) is 0 Å². The molecule has 18 heavy (non-hydrogen) atoms. The molecular weight excluding hydrogens is 237 g/mol. The monoisotopic (exact) mass is 258 g/mol. The molecule has 2 N–H and O–H groups in total. The van der Waals surface area contributed by atoms with Crippen molar-refractivity contribution in [1.82, 2.24) is 0 Å². The molecule has 0 heterocycles. The summed E-state index contributed by atoms with van der Waals surface area (Å²) in [6, 6.07) is 21.2. The summed E-state index contributed by atoms with van der Waals surface area (Å²) in [5.74, 6) is 0. The summed E-state index contributed by atoms with van der Waals surface area (Å²) >= 11 is 0. The highest BCUT2D eigenvalue weighted by molar-refractivity contribution is 7.87. The lowest BCUT2D eigenvalue weighted by Crippen LogP contribution is -2.31. The second-order valence-electron chi connectivity index (χ2n) is 4.62. The Bertz CT molecular complexity index is 427. The maximum Gasteiger partial charge on any atom is 0.142 e. The molecule has 0 saturated heterocycles. The Morgan fingerprint density at radius 2 is 1.28 bits per heavy atom. The predicted octanol–water partition coefficient (Wildman–Crippen LogP) is 3.33. The van der Waals surface area contributed by atoms with Crippen LogP contribution in [0.3, 0.4) is 0 Å². The SMILES string of the molecule is CCCC[P+](N)(c1ccccc1)c1ccccc1. The lowest BCUT2D eigenvalue weighted by molar-refractivity contribution is 0.889. The Hall–Kier alpha value is -1.17. The van der Waals surface area contributed by atoms with Gasteiger partial charge >= 0.3 is 0 Å². The van der Waals surface area contributed by atoms with E-state index in [1.165, 1.54) is 23.5 Å². The normalized spacial score (nSPS) is 11.4. The van der Waals surface area contributed by atoms with E-state index < -0.39 is 7.41 Å². The van der Waals surface area contributed by atoms with Crippen LogP contribution in [0.25, 0.3) is 0 Å². The van der Waals surface area contributed by atoms with Crippen LogP contribution in [0.5, 0.6) is 0 Å². The lowest BCUT2D eigenvalue weighted by Gasteiger charge is -2.21. The third-order valence-corrected chi connectivity index (χ3v) is 6.76. The largest absolute Gasteiger partial charge is 0.196 e. The van der Waals surface area contributed by atoms with E-state index in [4.69, 9.17) is 5.50 Å². The Kier molecular flexibility index (Phi) is 4.52. The molecular formula is C16H21NP+. The van der Waals surface area contributed by atoms with E-state index in [1.807, 2.05) is 0 Å². The number of hydrogen-bond acceptors (Lipinski definition) is 1. The number of benzene rings is 2. The molecule has 0 aliphatic rings. The van der Waals surface area contributed by atoms with Gasteiger partial charge in [-0.2, -0.15) is 5.50 Å². The fourth-order valence-electron chi connectivity index (χ4n) is 2.20. The minimum absolute atomic E-state index is 1.09. The summed E-state index contributed by atoms with van der Waals surface area (Å²) in [4.78, 5) is 0. The van der Waals surface area contributed by atoms with E-state index >= 15 is 0 Å². The van der Waals surface area contributed by atoms with Gasteiger partial charge in [0.15, 0.2) is 0 Å². The van der Waals surface area contributed by atoms with Crippen molar-refractivity contribution in [2.24, 2.45) is 5.50 Å². The zero-order valence-corrected chi connectivity index (χ0v) is 11.8. The first-order valence-corrected chi connectivity index (χ1v) is 8.59. The van der Waals surface area contributed by atoms with E-state index in [9.17, 15) is 0 Å². The van der Waals surface area contributed by atoms with Crippen LogP contribution in [0.1, 0.15) is 19.8 Å². The van der Waals surface area contributed by atoms with Crippen LogP contribution in [0.15, 0.2) is 60.7 Å². The average Bonchev–Trinajstić information content (AvgIpc) is 2.46. The number of unbranched alkanes of at least 4 members (excludes halogenated alkanes) is 1. The Labute approximate surface area is 110 Å². The molecule has 0 aliphatic heterocycles. The van der Waals surface area contributed by atoms with Crippen molar-refractivity contribution in [3.8, 4) is 0 Å². The van der Waals surface area contributed by atoms with Crippen molar-refractivity contribution in [2.45, 2.75) is 19.8 Å². The molecule has 1 nitrogen and oxygen atoms in total. The van der Waals surface area contributed by atoms with Gasteiger partial charge in [-0.1, -0.05) is 49.7 Å². The fourth-order valence-corrected chi connectivity index (χ4v) is 5.24. The van der Waals surface area contributed by atoms with Crippen LogP contribution < -0.4 is 16.1 Å². The van der Waals surface area contributed by atoms with Gasteiger partial charge in [0.1, 0.15) is 18.0 Å². The van der Waals surface area contributed by atoms with Gasteiger partial charge in [0.2, 0.25) is 0 Å². The smallest absolute Gasteiger partial charge is 0.142 e. The Balaban J connectivity index is 2.41. The van der Waals surface area contributed by atoms with E-state index in [0.717, 1.165) is 6.16 Å². The van der Waals surface area contributed by atoms with Gasteiger partial charge < -0.3 is 0 Å². The minimum atomic E-state index is -1.69. The van der Waals surface area contributed by atoms with Gasteiger partial charge in [-0.15, -0.1) is 0 Å². The second-order valence-corrected chi connectivity index (χ2v) is 7.83. The van der Waals surface area contributed by atoms with Crippen molar-refractivity contribution in [2.75, 3.05) is 6.16 Å². The summed E-state index contributed by atoms with van der Waals surface area (Å²) in [6.45, 7) is 2.22. The highest BCUT2D eigenvalue weighted by Crippen LogP contribution is 2.48. The molecule has 2 heteroatoms. The highest BCUT2D eigenvalue weighted by atomic mass is 31.2. The maximum absolute atomic E-state index is 6.84. The molecule has 2 aromatic carbocycles. The second kappa shape index (κ2) is 6.13. The third kappa shape index (κ3) is 2.80. The first-order valence-electron chi connectivity index (χ1n) is 6.55. The molecule has 0 spiro atoms. The molecule has 0 aromatic heterocycles. The van der Waals surface area contributed by atoms with Crippen LogP contribution in [0, 0.1) is 0 Å². The zero-order chi connectivity index (χ0) is 12.8. The highest BCUT2D eigenvalue weighted by Gasteiger charge is 2.37. The summed E-state index contributed by atoms with van der Waals surface area (Å²) < 4.78 is 0. The van der Waals surface area contributed by atoms with Crippen LogP contribution in [0.4, 0.5) is 0 Å². The van der Waals surface area contributed by atoms with Crippen molar-refractivity contribution < 1.29 is 0 Å².